The third kappa shape index (κ3) is 2.16. The molecule has 1 nitrogen and oxygen atoms in total. The molecule has 1 saturated carbocycles. The Labute approximate surface area is 83.0 Å². The second-order valence-corrected chi connectivity index (χ2v) is 9.68. The summed E-state index contributed by atoms with van der Waals surface area (Å²) >= 11 is 0. The molecule has 0 aromatic heterocycles. The lowest BCUT2D eigenvalue weighted by molar-refractivity contribution is 0.000154. The van der Waals surface area contributed by atoms with Crippen molar-refractivity contribution in [2.24, 2.45) is 0 Å². The zero-order valence-electron chi connectivity index (χ0n) is 9.07. The van der Waals surface area contributed by atoms with Crippen LogP contribution in [0.4, 0.5) is 0 Å². The Kier molecular flexibility index (Phi) is 2.54. The monoisotopic (exact) mass is 198 g/mol. The third-order valence-corrected chi connectivity index (χ3v) is 6.21. The lowest BCUT2D eigenvalue weighted by Gasteiger charge is -2.47. The normalized spacial score (nSPS) is 31.8. The first-order valence-electron chi connectivity index (χ1n) is 5.82. The first kappa shape index (κ1) is 9.72. The van der Waals surface area contributed by atoms with Gasteiger partial charge in [-0.25, -0.2) is 0 Å². The molecule has 13 heavy (non-hydrogen) atoms. The van der Waals surface area contributed by atoms with E-state index in [1.165, 1.54) is 51.0 Å². The topological polar surface area (TPSA) is 9.23 Å². The molecule has 0 unspecified atom stereocenters. The Hall–Kier alpha value is 0.177. The minimum atomic E-state index is -1.25. The minimum absolute atomic E-state index is 0.353. The van der Waals surface area contributed by atoms with Gasteiger partial charge in [0.25, 0.3) is 0 Å². The predicted octanol–water partition coefficient (Wildman–Crippen LogP) is 3.70. The molecule has 2 aliphatic rings. The van der Waals surface area contributed by atoms with E-state index >= 15 is 0 Å². The van der Waals surface area contributed by atoms with Crippen LogP contribution in [0.1, 0.15) is 44.9 Å². The Morgan fingerprint density at radius 2 is 1.54 bits per heavy atom. The van der Waals surface area contributed by atoms with Crippen molar-refractivity contribution in [1.29, 1.82) is 0 Å². The summed E-state index contributed by atoms with van der Waals surface area (Å²) in [5.74, 6) is 0. The van der Waals surface area contributed by atoms with Gasteiger partial charge in [0.15, 0.2) is 8.32 Å². The van der Waals surface area contributed by atoms with Crippen LogP contribution in [0.5, 0.6) is 0 Å². The second kappa shape index (κ2) is 3.39. The Morgan fingerprint density at radius 3 is 2.15 bits per heavy atom. The maximum atomic E-state index is 6.44. The second-order valence-electron chi connectivity index (χ2n) is 5.46. The highest BCUT2D eigenvalue weighted by Gasteiger charge is 2.42. The van der Waals surface area contributed by atoms with E-state index in [9.17, 15) is 0 Å². The van der Waals surface area contributed by atoms with Crippen molar-refractivity contribution in [2.45, 2.75) is 69.7 Å². The van der Waals surface area contributed by atoms with E-state index in [1.807, 2.05) is 0 Å². The van der Waals surface area contributed by atoms with Crippen molar-refractivity contribution < 1.29 is 4.43 Å². The first-order valence-corrected chi connectivity index (χ1v) is 8.94. The molecular formula is C11H22OSi. The molecule has 0 atom stereocenters. The molecule has 0 N–H and O–H groups in total. The van der Waals surface area contributed by atoms with Gasteiger partial charge in [0.05, 0.1) is 5.60 Å². The molecule has 0 aromatic carbocycles. The lowest BCUT2D eigenvalue weighted by Crippen LogP contribution is -2.49. The molecule has 0 radical (unpaired) electrons. The van der Waals surface area contributed by atoms with Crippen molar-refractivity contribution in [3.63, 3.8) is 0 Å². The van der Waals surface area contributed by atoms with Gasteiger partial charge in [0.2, 0.25) is 0 Å². The van der Waals surface area contributed by atoms with Gasteiger partial charge in [0, 0.05) is 0 Å². The molecule has 1 aliphatic heterocycles. The van der Waals surface area contributed by atoms with Gasteiger partial charge >= 0.3 is 0 Å². The number of hydrogen-bond donors (Lipinski definition) is 0. The maximum absolute atomic E-state index is 6.44. The highest BCUT2D eigenvalue weighted by atomic mass is 28.4. The smallest absolute Gasteiger partial charge is 0.187 e. The third-order valence-electron chi connectivity index (χ3n) is 3.67. The van der Waals surface area contributed by atoms with Crippen molar-refractivity contribution in [3.8, 4) is 0 Å². The Morgan fingerprint density at radius 1 is 0.923 bits per heavy atom. The van der Waals surface area contributed by atoms with Crippen LogP contribution >= 0.6 is 0 Å². The van der Waals surface area contributed by atoms with Gasteiger partial charge in [-0.1, -0.05) is 25.7 Å². The van der Waals surface area contributed by atoms with Gasteiger partial charge in [-0.3, -0.25) is 0 Å². The van der Waals surface area contributed by atoms with Gasteiger partial charge in [0.1, 0.15) is 0 Å². The van der Waals surface area contributed by atoms with Crippen LogP contribution < -0.4 is 0 Å². The quantitative estimate of drug-likeness (QED) is 0.539. The Bertz CT molecular complexity index is 177. The lowest BCUT2D eigenvalue weighted by atomic mass is 9.82. The molecule has 2 heteroatoms. The van der Waals surface area contributed by atoms with E-state index in [-0.39, 0.29) is 0 Å². The molecule has 76 valence electrons. The molecular weight excluding hydrogens is 176 g/mol. The minimum Gasteiger partial charge on any atom is -0.412 e. The van der Waals surface area contributed by atoms with E-state index in [0.29, 0.717) is 5.60 Å². The van der Waals surface area contributed by atoms with Gasteiger partial charge in [-0.15, -0.1) is 0 Å². The average Bonchev–Trinajstić information content (AvgIpc) is 2.03. The van der Waals surface area contributed by atoms with Gasteiger partial charge < -0.3 is 4.43 Å². The first-order chi connectivity index (χ1) is 6.12. The maximum Gasteiger partial charge on any atom is 0.187 e. The Balaban J connectivity index is 2.04. The van der Waals surface area contributed by atoms with E-state index in [1.54, 1.807) is 0 Å². The molecule has 1 aliphatic carbocycles. The summed E-state index contributed by atoms with van der Waals surface area (Å²) in [4.78, 5) is 0. The summed E-state index contributed by atoms with van der Waals surface area (Å²) in [5.41, 5.74) is 0.353. The fourth-order valence-corrected chi connectivity index (χ4v) is 5.68. The van der Waals surface area contributed by atoms with E-state index in [2.05, 4.69) is 13.1 Å². The largest absolute Gasteiger partial charge is 0.412 e. The summed E-state index contributed by atoms with van der Waals surface area (Å²) in [7, 11) is -1.25. The van der Waals surface area contributed by atoms with Crippen molar-refractivity contribution in [2.75, 3.05) is 0 Å². The molecule has 2 rings (SSSR count). The number of rotatable bonds is 0. The fourth-order valence-electron chi connectivity index (χ4n) is 3.07. The molecule has 2 fully saturated rings. The summed E-state index contributed by atoms with van der Waals surface area (Å²) in [6, 6.07) is 1.38. The van der Waals surface area contributed by atoms with Crippen LogP contribution in [-0.4, -0.2) is 13.9 Å². The highest BCUT2D eigenvalue weighted by Crippen LogP contribution is 2.42. The molecule has 0 bridgehead atoms. The summed E-state index contributed by atoms with van der Waals surface area (Å²) in [6.07, 6.45) is 9.73. The summed E-state index contributed by atoms with van der Waals surface area (Å²) in [6.45, 7) is 4.78. The van der Waals surface area contributed by atoms with Crippen molar-refractivity contribution >= 4 is 8.32 Å². The van der Waals surface area contributed by atoms with Crippen LogP contribution in [0.3, 0.4) is 0 Å². The zero-order chi connectivity index (χ0) is 9.36. The van der Waals surface area contributed by atoms with Crippen LogP contribution in [0.2, 0.25) is 19.1 Å². The van der Waals surface area contributed by atoms with E-state index < -0.39 is 8.32 Å². The highest BCUT2D eigenvalue weighted by molar-refractivity contribution is 6.71. The van der Waals surface area contributed by atoms with Crippen LogP contribution in [0.15, 0.2) is 0 Å². The number of hydrogen-bond acceptors (Lipinski definition) is 1. The summed E-state index contributed by atoms with van der Waals surface area (Å²) in [5, 5.41) is 0. The van der Waals surface area contributed by atoms with E-state index in [4.69, 9.17) is 4.43 Å². The van der Waals surface area contributed by atoms with Crippen molar-refractivity contribution in [1.82, 2.24) is 0 Å². The van der Waals surface area contributed by atoms with Crippen LogP contribution in [-0.2, 0) is 4.43 Å². The van der Waals surface area contributed by atoms with E-state index in [0.717, 1.165) is 0 Å². The standard InChI is InChI=1S/C11H22OSi/c1-13(2)10-6-9-11(12-13)7-4-3-5-8-11/h3-10H2,1-2H3. The van der Waals surface area contributed by atoms with Crippen LogP contribution in [0.25, 0.3) is 0 Å². The molecule has 1 saturated heterocycles. The van der Waals surface area contributed by atoms with Crippen LogP contribution in [0, 0.1) is 0 Å². The molecule has 1 heterocycles. The van der Waals surface area contributed by atoms with Crippen molar-refractivity contribution in [3.05, 3.63) is 0 Å². The fraction of sp³-hybridized carbons (Fsp3) is 1.00. The van der Waals surface area contributed by atoms with Gasteiger partial charge in [-0.2, -0.15) is 0 Å². The SMILES string of the molecule is C[Si]1(C)CCCC2(CCCCC2)O1. The molecule has 0 aromatic rings. The zero-order valence-corrected chi connectivity index (χ0v) is 10.1. The molecule has 1 spiro atoms. The summed E-state index contributed by atoms with van der Waals surface area (Å²) < 4.78 is 6.44. The van der Waals surface area contributed by atoms with Gasteiger partial charge in [-0.05, 0) is 38.4 Å². The average molecular weight is 198 g/mol. The predicted molar refractivity (Wildman–Crippen MR) is 58.4 cm³/mol. The molecule has 0 amide bonds.